The van der Waals surface area contributed by atoms with Gasteiger partial charge in [0.25, 0.3) is 0 Å². The lowest BCUT2D eigenvalue weighted by Gasteiger charge is -2.20. The van der Waals surface area contributed by atoms with E-state index in [-0.39, 0.29) is 9.33 Å². The Morgan fingerprint density at radius 2 is 1.89 bits per heavy atom. The maximum Gasteiger partial charge on any atom is 0.410 e. The van der Waals surface area contributed by atoms with Crippen molar-refractivity contribution < 1.29 is 9.53 Å². The lowest BCUT2D eigenvalue weighted by atomic mass is 10.2. The smallest absolute Gasteiger partial charge is 0.410 e. The SMILES string of the molecule is O=C(OCc1ccccc1)N1C[C@@H]2[C@H](C1)C2(Br)Br. The second-order valence-electron chi connectivity index (χ2n) is 4.83. The van der Waals surface area contributed by atoms with Crippen molar-refractivity contribution in [2.75, 3.05) is 13.1 Å². The van der Waals surface area contributed by atoms with Gasteiger partial charge in [-0.2, -0.15) is 0 Å². The third-order valence-electron chi connectivity index (χ3n) is 3.66. The summed E-state index contributed by atoms with van der Waals surface area (Å²) in [5.41, 5.74) is 1.02. The zero-order valence-electron chi connectivity index (χ0n) is 9.68. The van der Waals surface area contributed by atoms with E-state index in [1.165, 1.54) is 0 Å². The Morgan fingerprint density at radius 1 is 1.28 bits per heavy atom. The van der Waals surface area contributed by atoms with E-state index in [1.54, 1.807) is 4.90 Å². The van der Waals surface area contributed by atoms with E-state index in [4.69, 9.17) is 4.74 Å². The number of carbonyl (C=O) groups is 1. The van der Waals surface area contributed by atoms with Crippen LogP contribution in [0.5, 0.6) is 0 Å². The first-order valence-electron chi connectivity index (χ1n) is 5.92. The Bertz CT molecular complexity index is 449. The molecule has 96 valence electrons. The molecule has 1 saturated carbocycles. The summed E-state index contributed by atoms with van der Waals surface area (Å²) >= 11 is 7.24. The van der Waals surface area contributed by atoms with E-state index < -0.39 is 0 Å². The van der Waals surface area contributed by atoms with Crippen molar-refractivity contribution in [2.45, 2.75) is 9.84 Å². The number of likely N-dealkylation sites (tertiary alicyclic amines) is 1. The molecule has 1 amide bonds. The molecule has 5 heteroatoms. The third kappa shape index (κ3) is 2.18. The Morgan fingerprint density at radius 3 is 2.50 bits per heavy atom. The first-order chi connectivity index (χ1) is 8.59. The van der Waals surface area contributed by atoms with Gasteiger partial charge in [0.05, 0.1) is 3.23 Å². The predicted molar refractivity (Wildman–Crippen MR) is 75.8 cm³/mol. The summed E-state index contributed by atoms with van der Waals surface area (Å²) in [4.78, 5) is 13.7. The summed E-state index contributed by atoms with van der Waals surface area (Å²) < 4.78 is 5.37. The molecule has 2 atom stereocenters. The Kier molecular flexibility index (Phi) is 3.14. The molecular formula is C13H13Br2NO2. The molecule has 3 nitrogen and oxygen atoms in total. The minimum Gasteiger partial charge on any atom is -0.445 e. The first-order valence-corrected chi connectivity index (χ1v) is 7.51. The molecule has 2 fully saturated rings. The molecule has 0 N–H and O–H groups in total. The average Bonchev–Trinajstić information content (AvgIpc) is 2.78. The quantitative estimate of drug-likeness (QED) is 0.742. The normalized spacial score (nSPS) is 27.8. The van der Waals surface area contributed by atoms with Crippen molar-refractivity contribution >= 4 is 38.0 Å². The number of hydrogen-bond donors (Lipinski definition) is 0. The van der Waals surface area contributed by atoms with Crippen molar-refractivity contribution in [2.24, 2.45) is 11.8 Å². The largest absolute Gasteiger partial charge is 0.445 e. The van der Waals surface area contributed by atoms with Gasteiger partial charge in [-0.1, -0.05) is 62.2 Å². The summed E-state index contributed by atoms with van der Waals surface area (Å²) in [5, 5.41) is 0. The maximum atomic E-state index is 11.9. The standard InChI is InChI=1S/C13H13Br2NO2/c14-13(15)10-6-16(7-11(10)13)12(17)18-8-9-4-2-1-3-5-9/h1-5,10-11H,6-8H2/t10-,11+. The van der Waals surface area contributed by atoms with Crippen LogP contribution in [0.4, 0.5) is 4.79 Å². The van der Waals surface area contributed by atoms with Gasteiger partial charge in [0.2, 0.25) is 0 Å². The average molecular weight is 375 g/mol. The molecule has 1 aliphatic carbocycles. The number of carbonyl (C=O) groups excluding carboxylic acids is 1. The van der Waals surface area contributed by atoms with Gasteiger partial charge in [-0.3, -0.25) is 0 Å². The number of piperidine rings is 1. The van der Waals surface area contributed by atoms with Crippen LogP contribution in [0.1, 0.15) is 5.56 Å². The minimum absolute atomic E-state index is 0.0657. The van der Waals surface area contributed by atoms with Crippen LogP contribution >= 0.6 is 31.9 Å². The van der Waals surface area contributed by atoms with Crippen LogP contribution in [-0.2, 0) is 11.3 Å². The van der Waals surface area contributed by atoms with Crippen molar-refractivity contribution in [3.05, 3.63) is 35.9 Å². The highest BCUT2D eigenvalue weighted by molar-refractivity contribution is 9.25. The van der Waals surface area contributed by atoms with E-state index in [9.17, 15) is 4.79 Å². The van der Waals surface area contributed by atoms with E-state index >= 15 is 0 Å². The molecule has 0 radical (unpaired) electrons. The fraction of sp³-hybridized carbons (Fsp3) is 0.462. The third-order valence-corrected chi connectivity index (χ3v) is 6.02. The van der Waals surface area contributed by atoms with Crippen molar-refractivity contribution in [1.29, 1.82) is 0 Å². The molecule has 1 heterocycles. The number of amides is 1. The van der Waals surface area contributed by atoms with Gasteiger partial charge in [-0.15, -0.1) is 0 Å². The number of benzene rings is 1. The van der Waals surface area contributed by atoms with Crippen molar-refractivity contribution in [1.82, 2.24) is 4.90 Å². The van der Waals surface area contributed by atoms with E-state index in [2.05, 4.69) is 31.9 Å². The van der Waals surface area contributed by atoms with Crippen LogP contribution in [0.3, 0.4) is 0 Å². The Hall–Kier alpha value is -0.550. The van der Waals surface area contributed by atoms with Gasteiger partial charge in [0, 0.05) is 24.9 Å². The van der Waals surface area contributed by atoms with Crippen LogP contribution in [0, 0.1) is 11.8 Å². The molecule has 1 aliphatic heterocycles. The number of fused-ring (bicyclic) bond motifs is 1. The topological polar surface area (TPSA) is 29.5 Å². The van der Waals surface area contributed by atoms with Crippen LogP contribution in [0.25, 0.3) is 0 Å². The van der Waals surface area contributed by atoms with E-state index in [0.29, 0.717) is 18.4 Å². The van der Waals surface area contributed by atoms with Gasteiger partial charge in [-0.25, -0.2) is 4.79 Å². The molecular weight excluding hydrogens is 362 g/mol. The maximum absolute atomic E-state index is 11.9. The summed E-state index contributed by atoms with van der Waals surface area (Å²) in [6.45, 7) is 1.89. The minimum atomic E-state index is -0.207. The van der Waals surface area contributed by atoms with Crippen LogP contribution < -0.4 is 0 Å². The molecule has 0 bridgehead atoms. The Labute approximate surface area is 123 Å². The molecule has 1 aromatic rings. The highest BCUT2D eigenvalue weighted by Crippen LogP contribution is 2.65. The number of alkyl halides is 2. The Balaban J connectivity index is 1.49. The zero-order valence-corrected chi connectivity index (χ0v) is 12.9. The van der Waals surface area contributed by atoms with Crippen LogP contribution in [0.15, 0.2) is 30.3 Å². The molecule has 0 aromatic heterocycles. The second kappa shape index (κ2) is 4.53. The summed E-state index contributed by atoms with van der Waals surface area (Å²) in [6, 6.07) is 9.74. The highest BCUT2D eigenvalue weighted by Gasteiger charge is 2.66. The fourth-order valence-corrected chi connectivity index (χ4v) is 4.06. The number of halogens is 2. The fourth-order valence-electron chi connectivity index (χ4n) is 2.47. The number of rotatable bonds is 2. The monoisotopic (exact) mass is 373 g/mol. The molecule has 2 aliphatic rings. The van der Waals surface area contributed by atoms with Gasteiger partial charge in [0.15, 0.2) is 0 Å². The van der Waals surface area contributed by atoms with Crippen LogP contribution in [0.2, 0.25) is 0 Å². The molecule has 1 aromatic carbocycles. The molecule has 0 spiro atoms. The molecule has 1 saturated heterocycles. The second-order valence-corrected chi connectivity index (χ2v) is 8.52. The number of ether oxygens (including phenoxy) is 1. The lowest BCUT2D eigenvalue weighted by molar-refractivity contribution is 0.100. The lowest BCUT2D eigenvalue weighted by Crippen LogP contribution is -2.33. The number of hydrogen-bond acceptors (Lipinski definition) is 2. The van der Waals surface area contributed by atoms with Gasteiger partial charge in [-0.05, 0) is 5.56 Å². The molecule has 18 heavy (non-hydrogen) atoms. The summed E-state index contributed by atoms with van der Waals surface area (Å²) in [6.07, 6.45) is -0.207. The number of nitrogens with zero attached hydrogens (tertiary/aromatic N) is 1. The van der Waals surface area contributed by atoms with Gasteiger partial charge >= 0.3 is 6.09 Å². The zero-order chi connectivity index (χ0) is 12.8. The first kappa shape index (κ1) is 12.5. The van der Waals surface area contributed by atoms with Crippen LogP contribution in [-0.4, -0.2) is 27.3 Å². The molecule has 0 unspecified atom stereocenters. The summed E-state index contributed by atoms with van der Waals surface area (Å²) in [7, 11) is 0. The van der Waals surface area contributed by atoms with Crippen molar-refractivity contribution in [3.8, 4) is 0 Å². The summed E-state index contributed by atoms with van der Waals surface area (Å²) in [5.74, 6) is 1.03. The van der Waals surface area contributed by atoms with Gasteiger partial charge < -0.3 is 9.64 Å². The predicted octanol–water partition coefficient (Wildman–Crippen LogP) is 3.37. The van der Waals surface area contributed by atoms with E-state index in [0.717, 1.165) is 18.7 Å². The van der Waals surface area contributed by atoms with Gasteiger partial charge in [0.1, 0.15) is 6.61 Å². The van der Waals surface area contributed by atoms with E-state index in [1.807, 2.05) is 30.3 Å². The highest BCUT2D eigenvalue weighted by atomic mass is 79.9. The van der Waals surface area contributed by atoms with Crippen molar-refractivity contribution in [3.63, 3.8) is 0 Å². The molecule has 3 rings (SSSR count).